The summed E-state index contributed by atoms with van der Waals surface area (Å²) in [7, 11) is -3.55. The summed E-state index contributed by atoms with van der Waals surface area (Å²) < 4.78 is 45.0. The average molecular weight is 323 g/mol. The minimum absolute atomic E-state index is 0.0526. The van der Waals surface area contributed by atoms with E-state index in [2.05, 4.69) is 0 Å². The molecule has 0 aromatic rings. The van der Waals surface area contributed by atoms with Crippen LogP contribution in [0, 0.1) is 5.92 Å². The van der Waals surface area contributed by atoms with Crippen molar-refractivity contribution in [1.82, 2.24) is 4.31 Å². The van der Waals surface area contributed by atoms with Gasteiger partial charge in [-0.25, -0.2) is 12.8 Å². The van der Waals surface area contributed by atoms with Gasteiger partial charge in [0.05, 0.1) is 31.1 Å². The number of rotatable bonds is 7. The Hall–Kier alpha value is -0.240. The van der Waals surface area contributed by atoms with Crippen molar-refractivity contribution in [1.29, 1.82) is 0 Å². The number of nitrogens with zero attached hydrogens (tertiary/aromatic N) is 1. The standard InChI is InChI=1S/C14H26FNO4S/c1-11(9-20-14-4-2-3-5-14)10-21(18,19)16-7-12(15)6-13(16)8-17/h11-14,17H,2-10H2,1H3/t11?,12-,13-/m0/s1. The molecule has 2 aliphatic rings. The normalized spacial score (nSPS) is 30.0. The fraction of sp³-hybridized carbons (Fsp3) is 1.00. The lowest BCUT2D eigenvalue weighted by molar-refractivity contribution is 0.0410. The fourth-order valence-corrected chi connectivity index (χ4v) is 5.20. The average Bonchev–Trinajstić information content (AvgIpc) is 3.04. The largest absolute Gasteiger partial charge is 0.395 e. The molecular formula is C14H26FNO4S. The SMILES string of the molecule is CC(COC1CCCC1)CS(=O)(=O)N1C[C@@H](F)C[C@H]1CO. The lowest BCUT2D eigenvalue weighted by Crippen LogP contribution is -2.41. The molecule has 5 nitrogen and oxygen atoms in total. The molecule has 1 heterocycles. The molecule has 0 amide bonds. The number of alkyl halides is 1. The number of ether oxygens (including phenoxy) is 1. The van der Waals surface area contributed by atoms with Crippen molar-refractivity contribution >= 4 is 10.0 Å². The van der Waals surface area contributed by atoms with E-state index in [-0.39, 0.29) is 37.3 Å². The molecule has 2 rings (SSSR count). The number of aliphatic hydroxyl groups is 1. The highest BCUT2D eigenvalue weighted by Crippen LogP contribution is 2.25. The summed E-state index contributed by atoms with van der Waals surface area (Å²) in [4.78, 5) is 0. The second-order valence-corrected chi connectivity index (χ2v) is 8.33. The highest BCUT2D eigenvalue weighted by Gasteiger charge is 2.39. The van der Waals surface area contributed by atoms with Gasteiger partial charge in [-0.15, -0.1) is 0 Å². The van der Waals surface area contributed by atoms with Gasteiger partial charge in [-0.1, -0.05) is 19.8 Å². The summed E-state index contributed by atoms with van der Waals surface area (Å²) in [6, 6.07) is -0.618. The van der Waals surface area contributed by atoms with Gasteiger partial charge >= 0.3 is 0 Å². The molecular weight excluding hydrogens is 297 g/mol. The first kappa shape index (κ1) is 17.1. The number of halogens is 1. The van der Waals surface area contributed by atoms with Crippen LogP contribution < -0.4 is 0 Å². The van der Waals surface area contributed by atoms with E-state index >= 15 is 0 Å². The van der Waals surface area contributed by atoms with E-state index in [9.17, 15) is 17.9 Å². The molecule has 21 heavy (non-hydrogen) atoms. The molecule has 7 heteroatoms. The van der Waals surface area contributed by atoms with Crippen molar-refractivity contribution < 1.29 is 22.7 Å². The van der Waals surface area contributed by atoms with Crippen LogP contribution in [0.4, 0.5) is 4.39 Å². The highest BCUT2D eigenvalue weighted by molar-refractivity contribution is 7.89. The maximum absolute atomic E-state index is 13.4. The van der Waals surface area contributed by atoms with Crippen LogP contribution >= 0.6 is 0 Å². The molecule has 1 saturated heterocycles. The first-order chi connectivity index (χ1) is 9.92. The zero-order valence-corrected chi connectivity index (χ0v) is 13.4. The zero-order valence-electron chi connectivity index (χ0n) is 12.6. The molecule has 2 fully saturated rings. The van der Waals surface area contributed by atoms with Crippen LogP contribution in [0.15, 0.2) is 0 Å². The van der Waals surface area contributed by atoms with E-state index in [1.807, 2.05) is 6.92 Å². The van der Waals surface area contributed by atoms with Crippen molar-refractivity contribution in [3.05, 3.63) is 0 Å². The summed E-state index contributed by atoms with van der Waals surface area (Å²) in [5, 5.41) is 9.20. The Kier molecular flexibility index (Phi) is 5.99. The summed E-state index contributed by atoms with van der Waals surface area (Å²) in [5.41, 5.74) is 0. The van der Waals surface area contributed by atoms with Gasteiger partial charge in [-0.3, -0.25) is 0 Å². The number of hydrogen-bond donors (Lipinski definition) is 1. The van der Waals surface area contributed by atoms with E-state index in [0.717, 1.165) is 17.1 Å². The number of sulfonamides is 1. The van der Waals surface area contributed by atoms with E-state index in [0.29, 0.717) is 6.61 Å². The highest BCUT2D eigenvalue weighted by atomic mass is 32.2. The molecule has 1 aliphatic carbocycles. The van der Waals surface area contributed by atoms with Crippen LogP contribution in [0.5, 0.6) is 0 Å². The first-order valence-corrected chi connectivity index (χ1v) is 9.39. The van der Waals surface area contributed by atoms with Crippen molar-refractivity contribution in [3.8, 4) is 0 Å². The smallest absolute Gasteiger partial charge is 0.214 e. The summed E-state index contributed by atoms with van der Waals surface area (Å²) in [6.45, 7) is 1.79. The summed E-state index contributed by atoms with van der Waals surface area (Å²) in [6.07, 6.45) is 3.65. The minimum atomic E-state index is -3.55. The molecule has 0 aromatic heterocycles. The lowest BCUT2D eigenvalue weighted by atomic mass is 10.2. The molecule has 124 valence electrons. The van der Waals surface area contributed by atoms with Crippen LogP contribution in [0.2, 0.25) is 0 Å². The second kappa shape index (κ2) is 7.35. The Morgan fingerprint density at radius 2 is 2.05 bits per heavy atom. The van der Waals surface area contributed by atoms with Gasteiger partial charge in [0.25, 0.3) is 0 Å². The van der Waals surface area contributed by atoms with Crippen LogP contribution in [-0.2, 0) is 14.8 Å². The van der Waals surface area contributed by atoms with Gasteiger partial charge in [0.15, 0.2) is 0 Å². The van der Waals surface area contributed by atoms with Gasteiger partial charge in [-0.2, -0.15) is 4.31 Å². The lowest BCUT2D eigenvalue weighted by Gasteiger charge is -2.24. The second-order valence-electron chi connectivity index (χ2n) is 6.36. The van der Waals surface area contributed by atoms with Crippen LogP contribution in [0.3, 0.4) is 0 Å². The monoisotopic (exact) mass is 323 g/mol. The topological polar surface area (TPSA) is 66.8 Å². The molecule has 0 bridgehead atoms. The van der Waals surface area contributed by atoms with Crippen molar-refractivity contribution in [3.63, 3.8) is 0 Å². The quantitative estimate of drug-likeness (QED) is 0.767. The third kappa shape index (κ3) is 4.61. The van der Waals surface area contributed by atoms with E-state index < -0.39 is 22.2 Å². The maximum Gasteiger partial charge on any atom is 0.214 e. The van der Waals surface area contributed by atoms with Gasteiger partial charge < -0.3 is 9.84 Å². The van der Waals surface area contributed by atoms with Gasteiger partial charge in [0.2, 0.25) is 10.0 Å². The number of aliphatic hydroxyl groups excluding tert-OH is 1. The third-order valence-electron chi connectivity index (χ3n) is 4.29. The Labute approximate surface area is 126 Å². The van der Waals surface area contributed by atoms with E-state index in [4.69, 9.17) is 4.74 Å². The van der Waals surface area contributed by atoms with Crippen LogP contribution in [0.1, 0.15) is 39.0 Å². The summed E-state index contributed by atoms with van der Waals surface area (Å²) in [5.74, 6) is -0.184. The predicted octanol–water partition coefficient (Wildman–Crippen LogP) is 1.32. The molecule has 1 saturated carbocycles. The molecule has 1 N–H and O–H groups in total. The van der Waals surface area contributed by atoms with E-state index in [1.165, 1.54) is 12.8 Å². The molecule has 0 spiro atoms. The van der Waals surface area contributed by atoms with Gasteiger partial charge in [-0.05, 0) is 25.2 Å². The zero-order chi connectivity index (χ0) is 15.5. The molecule has 1 aliphatic heterocycles. The molecule has 1 unspecified atom stereocenters. The van der Waals surface area contributed by atoms with Crippen LogP contribution in [-0.4, -0.2) is 61.7 Å². The Bertz CT molecular complexity index is 425. The molecule has 3 atom stereocenters. The van der Waals surface area contributed by atoms with E-state index in [1.54, 1.807) is 0 Å². The van der Waals surface area contributed by atoms with Crippen molar-refractivity contribution in [2.75, 3.05) is 25.5 Å². The Morgan fingerprint density at radius 3 is 2.67 bits per heavy atom. The van der Waals surface area contributed by atoms with Crippen molar-refractivity contribution in [2.24, 2.45) is 5.92 Å². The van der Waals surface area contributed by atoms with Crippen LogP contribution in [0.25, 0.3) is 0 Å². The first-order valence-electron chi connectivity index (χ1n) is 7.78. The maximum atomic E-state index is 13.4. The number of hydrogen-bond acceptors (Lipinski definition) is 4. The van der Waals surface area contributed by atoms with Gasteiger partial charge in [0.1, 0.15) is 6.17 Å². The molecule has 0 aromatic carbocycles. The third-order valence-corrected chi connectivity index (χ3v) is 6.45. The summed E-state index contributed by atoms with van der Waals surface area (Å²) >= 11 is 0. The molecule has 0 radical (unpaired) electrons. The Morgan fingerprint density at radius 1 is 1.38 bits per heavy atom. The van der Waals surface area contributed by atoms with Gasteiger partial charge in [0, 0.05) is 6.54 Å². The minimum Gasteiger partial charge on any atom is -0.395 e. The van der Waals surface area contributed by atoms with Crippen molar-refractivity contribution in [2.45, 2.75) is 57.3 Å². The fourth-order valence-electron chi connectivity index (χ4n) is 3.20. The Balaban J connectivity index is 1.84. The predicted molar refractivity (Wildman–Crippen MR) is 78.3 cm³/mol.